The highest BCUT2D eigenvalue weighted by atomic mass is 35.5. The van der Waals surface area contributed by atoms with E-state index in [4.69, 9.17) is 10.5 Å². The van der Waals surface area contributed by atoms with Gasteiger partial charge in [-0.15, -0.1) is 12.4 Å². The van der Waals surface area contributed by atoms with Crippen molar-refractivity contribution < 1.29 is 4.74 Å². The second-order valence-corrected chi connectivity index (χ2v) is 3.30. The molecule has 1 aliphatic heterocycles. The zero-order valence-corrected chi connectivity index (χ0v) is 8.38. The number of nitrogens with two attached hydrogens (primary N) is 1. The molecule has 1 aromatic carbocycles. The Bertz CT molecular complexity index is 261. The van der Waals surface area contributed by atoms with Crippen molar-refractivity contribution in [1.82, 2.24) is 0 Å². The minimum absolute atomic E-state index is 0. The molecule has 1 aromatic rings. The van der Waals surface area contributed by atoms with E-state index in [-0.39, 0.29) is 24.6 Å². The summed E-state index contributed by atoms with van der Waals surface area (Å²) in [7, 11) is 0. The van der Waals surface area contributed by atoms with Crippen molar-refractivity contribution in [3.05, 3.63) is 29.8 Å². The van der Waals surface area contributed by atoms with Crippen LogP contribution in [0.2, 0.25) is 0 Å². The highest BCUT2D eigenvalue weighted by Crippen LogP contribution is 2.26. The van der Waals surface area contributed by atoms with Crippen molar-refractivity contribution in [3.8, 4) is 5.75 Å². The van der Waals surface area contributed by atoms with Crippen LogP contribution in [0.3, 0.4) is 0 Å². The first-order valence-corrected chi connectivity index (χ1v) is 4.27. The SMILES string of the molecule is C[C@@H]1Oc2ccccc2C[C@@H]1N.Cl. The van der Waals surface area contributed by atoms with E-state index in [1.807, 2.05) is 25.1 Å². The molecule has 72 valence electrons. The van der Waals surface area contributed by atoms with Crippen molar-refractivity contribution in [2.45, 2.75) is 25.5 Å². The lowest BCUT2D eigenvalue weighted by molar-refractivity contribution is 0.169. The van der Waals surface area contributed by atoms with E-state index in [0.29, 0.717) is 0 Å². The van der Waals surface area contributed by atoms with E-state index in [1.54, 1.807) is 0 Å². The first-order valence-electron chi connectivity index (χ1n) is 4.27. The third-order valence-electron chi connectivity index (χ3n) is 2.34. The van der Waals surface area contributed by atoms with E-state index in [9.17, 15) is 0 Å². The molecular formula is C10H14ClNO. The van der Waals surface area contributed by atoms with Crippen molar-refractivity contribution in [1.29, 1.82) is 0 Å². The summed E-state index contributed by atoms with van der Waals surface area (Å²) in [6, 6.07) is 8.21. The minimum atomic E-state index is 0. The van der Waals surface area contributed by atoms with Crippen molar-refractivity contribution in [3.63, 3.8) is 0 Å². The van der Waals surface area contributed by atoms with Gasteiger partial charge in [-0.3, -0.25) is 0 Å². The summed E-state index contributed by atoms with van der Waals surface area (Å²) in [6.45, 7) is 2.01. The summed E-state index contributed by atoms with van der Waals surface area (Å²) in [4.78, 5) is 0. The molecule has 1 aliphatic rings. The van der Waals surface area contributed by atoms with Crippen LogP contribution in [0, 0.1) is 0 Å². The molecule has 0 saturated carbocycles. The molecule has 0 amide bonds. The molecule has 0 aromatic heterocycles. The average Bonchev–Trinajstić information content (AvgIpc) is 2.07. The van der Waals surface area contributed by atoms with Gasteiger partial charge in [0.2, 0.25) is 0 Å². The number of hydrogen-bond donors (Lipinski definition) is 1. The van der Waals surface area contributed by atoms with Gasteiger partial charge in [0.15, 0.2) is 0 Å². The van der Waals surface area contributed by atoms with E-state index < -0.39 is 0 Å². The second-order valence-electron chi connectivity index (χ2n) is 3.30. The van der Waals surface area contributed by atoms with Gasteiger partial charge in [-0.05, 0) is 25.0 Å². The van der Waals surface area contributed by atoms with Gasteiger partial charge in [-0.2, -0.15) is 0 Å². The van der Waals surface area contributed by atoms with Gasteiger partial charge in [0, 0.05) is 6.04 Å². The monoisotopic (exact) mass is 199 g/mol. The number of para-hydroxylation sites is 1. The summed E-state index contributed by atoms with van der Waals surface area (Å²) >= 11 is 0. The van der Waals surface area contributed by atoms with Crippen molar-refractivity contribution >= 4 is 12.4 Å². The Morgan fingerprint density at radius 1 is 1.38 bits per heavy atom. The van der Waals surface area contributed by atoms with Gasteiger partial charge in [-0.1, -0.05) is 18.2 Å². The van der Waals surface area contributed by atoms with Crippen LogP contribution in [0.5, 0.6) is 5.75 Å². The largest absolute Gasteiger partial charge is 0.489 e. The van der Waals surface area contributed by atoms with Crippen LogP contribution < -0.4 is 10.5 Å². The molecule has 13 heavy (non-hydrogen) atoms. The summed E-state index contributed by atoms with van der Waals surface area (Å²) < 4.78 is 5.62. The fourth-order valence-corrected chi connectivity index (χ4v) is 1.50. The lowest BCUT2D eigenvalue weighted by atomic mass is 9.99. The molecule has 0 saturated heterocycles. The molecule has 0 bridgehead atoms. The van der Waals surface area contributed by atoms with Crippen molar-refractivity contribution in [2.75, 3.05) is 0 Å². The Labute approximate surface area is 84.5 Å². The molecule has 2 nitrogen and oxygen atoms in total. The van der Waals surface area contributed by atoms with Crippen LogP contribution in [0.1, 0.15) is 12.5 Å². The quantitative estimate of drug-likeness (QED) is 0.691. The van der Waals surface area contributed by atoms with Crippen LogP contribution in [-0.2, 0) is 6.42 Å². The third kappa shape index (κ3) is 1.95. The Hall–Kier alpha value is -0.730. The number of benzene rings is 1. The molecule has 0 aliphatic carbocycles. The summed E-state index contributed by atoms with van der Waals surface area (Å²) in [5, 5.41) is 0. The lowest BCUT2D eigenvalue weighted by Gasteiger charge is -2.28. The summed E-state index contributed by atoms with van der Waals surface area (Å²) in [5.41, 5.74) is 7.09. The predicted octanol–water partition coefficient (Wildman–Crippen LogP) is 1.76. The summed E-state index contributed by atoms with van der Waals surface area (Å²) in [5.74, 6) is 0.992. The van der Waals surface area contributed by atoms with Gasteiger partial charge in [-0.25, -0.2) is 0 Å². The topological polar surface area (TPSA) is 35.2 Å². The van der Waals surface area contributed by atoms with Gasteiger partial charge in [0.1, 0.15) is 11.9 Å². The van der Waals surface area contributed by atoms with Crippen LogP contribution >= 0.6 is 12.4 Å². The second kappa shape index (κ2) is 3.99. The Morgan fingerprint density at radius 3 is 2.85 bits per heavy atom. The maximum Gasteiger partial charge on any atom is 0.123 e. The molecule has 3 heteroatoms. The first kappa shape index (κ1) is 10.4. The van der Waals surface area contributed by atoms with Crippen LogP contribution in [0.25, 0.3) is 0 Å². The molecule has 1 heterocycles. The van der Waals surface area contributed by atoms with E-state index >= 15 is 0 Å². The maximum atomic E-state index is 5.87. The number of hydrogen-bond acceptors (Lipinski definition) is 2. The van der Waals surface area contributed by atoms with E-state index in [2.05, 4.69) is 6.07 Å². The normalized spacial score (nSPS) is 25.4. The molecular weight excluding hydrogens is 186 g/mol. The highest BCUT2D eigenvalue weighted by Gasteiger charge is 2.22. The maximum absolute atomic E-state index is 5.87. The molecule has 0 unspecified atom stereocenters. The van der Waals surface area contributed by atoms with Gasteiger partial charge < -0.3 is 10.5 Å². The fraction of sp³-hybridized carbons (Fsp3) is 0.400. The smallest absolute Gasteiger partial charge is 0.123 e. The fourth-order valence-electron chi connectivity index (χ4n) is 1.50. The van der Waals surface area contributed by atoms with E-state index in [1.165, 1.54) is 5.56 Å². The first-order chi connectivity index (χ1) is 5.77. The molecule has 0 radical (unpaired) electrons. The number of ether oxygens (including phenoxy) is 1. The number of fused-ring (bicyclic) bond motifs is 1. The molecule has 2 rings (SSSR count). The van der Waals surface area contributed by atoms with Crippen LogP contribution in [-0.4, -0.2) is 12.1 Å². The number of halogens is 1. The Morgan fingerprint density at radius 2 is 2.08 bits per heavy atom. The number of rotatable bonds is 0. The van der Waals surface area contributed by atoms with Gasteiger partial charge in [0.05, 0.1) is 0 Å². The van der Waals surface area contributed by atoms with Crippen molar-refractivity contribution in [2.24, 2.45) is 5.73 Å². The van der Waals surface area contributed by atoms with Crippen LogP contribution in [0.4, 0.5) is 0 Å². The Balaban J connectivity index is 0.000000845. The summed E-state index contributed by atoms with van der Waals surface area (Å²) in [6.07, 6.45) is 1.07. The zero-order valence-electron chi connectivity index (χ0n) is 7.57. The standard InChI is InChI=1S/C10H13NO.ClH/c1-7-9(11)6-8-4-2-3-5-10(8)12-7;/h2-5,7,9H,6,11H2,1H3;1H/t7-,9-;/m0./s1. The average molecular weight is 200 g/mol. The molecule has 2 N–H and O–H groups in total. The van der Waals surface area contributed by atoms with Crippen LogP contribution in [0.15, 0.2) is 24.3 Å². The predicted molar refractivity (Wildman–Crippen MR) is 55.5 cm³/mol. The Kier molecular flexibility index (Phi) is 3.17. The van der Waals surface area contributed by atoms with Gasteiger partial charge in [0.25, 0.3) is 0 Å². The minimum Gasteiger partial charge on any atom is -0.489 e. The molecule has 0 fully saturated rings. The molecule has 2 atom stereocenters. The molecule has 0 spiro atoms. The highest BCUT2D eigenvalue weighted by molar-refractivity contribution is 5.85. The van der Waals surface area contributed by atoms with E-state index in [0.717, 1.165) is 12.2 Å². The zero-order chi connectivity index (χ0) is 8.55. The lowest BCUT2D eigenvalue weighted by Crippen LogP contribution is -2.41. The third-order valence-corrected chi connectivity index (χ3v) is 2.34. The van der Waals surface area contributed by atoms with Gasteiger partial charge >= 0.3 is 0 Å².